The minimum atomic E-state index is 0.634. The predicted octanol–water partition coefficient (Wildman–Crippen LogP) is 4.23. The van der Waals surface area contributed by atoms with E-state index >= 15 is 0 Å². The first-order valence-corrected chi connectivity index (χ1v) is 7.20. The zero-order valence-corrected chi connectivity index (χ0v) is 12.0. The quantitative estimate of drug-likeness (QED) is 0.767. The maximum atomic E-state index is 5.64. The van der Waals surface area contributed by atoms with Crippen molar-refractivity contribution >= 4 is 43.2 Å². The van der Waals surface area contributed by atoms with E-state index in [1.807, 2.05) is 6.20 Å². The van der Waals surface area contributed by atoms with Crippen LogP contribution >= 0.6 is 27.3 Å². The van der Waals surface area contributed by atoms with Crippen LogP contribution in [-0.4, -0.2) is 4.98 Å². The molecule has 0 aliphatic carbocycles. The molecule has 2 aromatic carbocycles. The Balaban J connectivity index is 1.96. The monoisotopic (exact) mass is 318 g/mol. The van der Waals surface area contributed by atoms with Crippen LogP contribution in [0.4, 0.5) is 5.13 Å². The fourth-order valence-corrected chi connectivity index (χ4v) is 3.08. The second-order valence-corrected chi connectivity index (χ2v) is 6.23. The molecule has 0 saturated carbocycles. The van der Waals surface area contributed by atoms with Crippen molar-refractivity contribution in [2.45, 2.75) is 6.42 Å². The number of fused-ring (bicyclic) bond motifs is 1. The smallest absolute Gasteiger partial charge is 0.180 e. The molecule has 0 saturated heterocycles. The van der Waals surface area contributed by atoms with Crippen LogP contribution in [0.5, 0.6) is 0 Å². The first-order chi connectivity index (χ1) is 8.70. The summed E-state index contributed by atoms with van der Waals surface area (Å²) >= 11 is 5.04. The van der Waals surface area contributed by atoms with Gasteiger partial charge in [-0.3, -0.25) is 0 Å². The van der Waals surface area contributed by atoms with Crippen LogP contribution in [0.25, 0.3) is 10.8 Å². The summed E-state index contributed by atoms with van der Waals surface area (Å²) in [5.74, 6) is 0. The van der Waals surface area contributed by atoms with Crippen molar-refractivity contribution < 1.29 is 0 Å². The molecule has 0 radical (unpaired) electrons. The lowest BCUT2D eigenvalue weighted by Crippen LogP contribution is -1.85. The van der Waals surface area contributed by atoms with Gasteiger partial charge in [-0.05, 0) is 28.5 Å². The summed E-state index contributed by atoms with van der Waals surface area (Å²) < 4.78 is 1.11. The van der Waals surface area contributed by atoms with Crippen LogP contribution in [0, 0.1) is 0 Å². The van der Waals surface area contributed by atoms with Gasteiger partial charge in [-0.1, -0.05) is 40.2 Å². The highest BCUT2D eigenvalue weighted by molar-refractivity contribution is 9.10. The van der Waals surface area contributed by atoms with Gasteiger partial charge in [-0.15, -0.1) is 11.3 Å². The van der Waals surface area contributed by atoms with Crippen molar-refractivity contribution in [3.63, 3.8) is 0 Å². The van der Waals surface area contributed by atoms with Gasteiger partial charge in [0, 0.05) is 22.0 Å². The van der Waals surface area contributed by atoms with Gasteiger partial charge in [0.1, 0.15) is 0 Å². The average Bonchev–Trinajstić information content (AvgIpc) is 2.75. The van der Waals surface area contributed by atoms with E-state index in [1.54, 1.807) is 11.3 Å². The number of nitrogens with two attached hydrogens (primary N) is 1. The fourth-order valence-electron chi connectivity index (χ4n) is 1.98. The maximum Gasteiger partial charge on any atom is 0.180 e. The van der Waals surface area contributed by atoms with E-state index in [-0.39, 0.29) is 0 Å². The summed E-state index contributed by atoms with van der Waals surface area (Å²) in [5, 5.41) is 3.14. The first-order valence-electron chi connectivity index (χ1n) is 5.59. The Labute approximate surface area is 118 Å². The van der Waals surface area contributed by atoms with Crippen LogP contribution in [-0.2, 0) is 6.42 Å². The molecular weight excluding hydrogens is 308 g/mol. The SMILES string of the molecule is Nc1ncc(Cc2ccc3cc(Br)ccc3c2)s1. The summed E-state index contributed by atoms with van der Waals surface area (Å²) in [6, 6.07) is 12.9. The van der Waals surface area contributed by atoms with Crippen molar-refractivity contribution in [1.29, 1.82) is 0 Å². The number of halogens is 1. The lowest BCUT2D eigenvalue weighted by atomic mass is 10.0. The molecule has 0 unspecified atom stereocenters. The van der Waals surface area contributed by atoms with Crippen molar-refractivity contribution in [1.82, 2.24) is 4.98 Å². The summed E-state index contributed by atoms with van der Waals surface area (Å²) in [7, 11) is 0. The van der Waals surface area contributed by atoms with Crippen molar-refractivity contribution in [2.24, 2.45) is 0 Å². The number of anilines is 1. The van der Waals surface area contributed by atoms with E-state index in [2.05, 4.69) is 57.3 Å². The molecule has 1 heterocycles. The number of thiazole rings is 1. The van der Waals surface area contributed by atoms with E-state index in [4.69, 9.17) is 5.73 Å². The van der Waals surface area contributed by atoms with Crippen molar-refractivity contribution in [3.8, 4) is 0 Å². The van der Waals surface area contributed by atoms with E-state index in [0.29, 0.717) is 5.13 Å². The molecule has 0 fully saturated rings. The number of hydrogen-bond acceptors (Lipinski definition) is 3. The highest BCUT2D eigenvalue weighted by Gasteiger charge is 2.02. The van der Waals surface area contributed by atoms with Gasteiger partial charge < -0.3 is 5.73 Å². The van der Waals surface area contributed by atoms with Gasteiger partial charge in [-0.2, -0.15) is 0 Å². The zero-order valence-electron chi connectivity index (χ0n) is 9.56. The lowest BCUT2D eigenvalue weighted by molar-refractivity contribution is 1.23. The number of nitrogen functional groups attached to an aromatic ring is 1. The molecule has 90 valence electrons. The molecule has 0 bridgehead atoms. The molecule has 0 amide bonds. The van der Waals surface area contributed by atoms with E-state index in [1.165, 1.54) is 21.2 Å². The Hall–Kier alpha value is -1.39. The molecule has 2 N–H and O–H groups in total. The predicted molar refractivity (Wildman–Crippen MR) is 81.0 cm³/mol. The average molecular weight is 319 g/mol. The second-order valence-electron chi connectivity index (χ2n) is 4.17. The summed E-state index contributed by atoms with van der Waals surface area (Å²) in [4.78, 5) is 5.27. The minimum absolute atomic E-state index is 0.634. The maximum absolute atomic E-state index is 5.64. The van der Waals surface area contributed by atoms with E-state index in [9.17, 15) is 0 Å². The van der Waals surface area contributed by atoms with Crippen LogP contribution in [0.3, 0.4) is 0 Å². The highest BCUT2D eigenvalue weighted by Crippen LogP contribution is 2.24. The fraction of sp³-hybridized carbons (Fsp3) is 0.0714. The van der Waals surface area contributed by atoms with Gasteiger partial charge >= 0.3 is 0 Å². The van der Waals surface area contributed by atoms with Crippen molar-refractivity contribution in [2.75, 3.05) is 5.73 Å². The third-order valence-corrected chi connectivity index (χ3v) is 4.14. The molecule has 3 aromatic rings. The summed E-state index contributed by atoms with van der Waals surface area (Å²) in [6.07, 6.45) is 2.74. The summed E-state index contributed by atoms with van der Waals surface area (Å²) in [5.41, 5.74) is 6.93. The third-order valence-electron chi connectivity index (χ3n) is 2.82. The van der Waals surface area contributed by atoms with Crippen LogP contribution in [0.2, 0.25) is 0 Å². The van der Waals surface area contributed by atoms with Crippen LogP contribution in [0.1, 0.15) is 10.4 Å². The Kier molecular flexibility index (Phi) is 3.06. The molecular formula is C14H11BrN2S. The molecule has 2 nitrogen and oxygen atoms in total. The topological polar surface area (TPSA) is 38.9 Å². The highest BCUT2D eigenvalue weighted by atomic mass is 79.9. The molecule has 18 heavy (non-hydrogen) atoms. The van der Waals surface area contributed by atoms with Gasteiger partial charge in [-0.25, -0.2) is 4.98 Å². The minimum Gasteiger partial charge on any atom is -0.375 e. The standard InChI is InChI=1S/C14H11BrN2S/c15-12-4-3-10-5-9(1-2-11(10)7-12)6-13-8-17-14(16)18-13/h1-5,7-8H,6H2,(H2,16,17). The molecule has 0 spiro atoms. The molecule has 0 aliphatic heterocycles. The van der Waals surface area contributed by atoms with Crippen molar-refractivity contribution in [3.05, 3.63) is 57.5 Å². The number of benzene rings is 2. The zero-order chi connectivity index (χ0) is 12.5. The lowest BCUT2D eigenvalue weighted by Gasteiger charge is -2.03. The summed E-state index contributed by atoms with van der Waals surface area (Å²) in [6.45, 7) is 0. The van der Waals surface area contributed by atoms with E-state index in [0.717, 1.165) is 10.9 Å². The second kappa shape index (κ2) is 4.71. The molecule has 0 atom stereocenters. The Morgan fingerprint density at radius 2 is 1.89 bits per heavy atom. The molecule has 1 aromatic heterocycles. The van der Waals surface area contributed by atoms with E-state index < -0.39 is 0 Å². The van der Waals surface area contributed by atoms with Crippen LogP contribution in [0.15, 0.2) is 47.1 Å². The normalized spacial score (nSPS) is 10.9. The van der Waals surface area contributed by atoms with Gasteiger partial charge in [0.05, 0.1) is 0 Å². The first kappa shape index (κ1) is 11.7. The van der Waals surface area contributed by atoms with Gasteiger partial charge in [0.25, 0.3) is 0 Å². The third kappa shape index (κ3) is 2.40. The molecule has 0 aliphatic rings. The number of hydrogen-bond donors (Lipinski definition) is 1. The Morgan fingerprint density at radius 1 is 1.11 bits per heavy atom. The van der Waals surface area contributed by atoms with Gasteiger partial charge in [0.15, 0.2) is 5.13 Å². The Bertz CT molecular complexity index is 706. The molecule has 3 rings (SSSR count). The number of aromatic nitrogens is 1. The Morgan fingerprint density at radius 3 is 2.67 bits per heavy atom. The number of nitrogens with zero attached hydrogens (tertiary/aromatic N) is 1. The van der Waals surface area contributed by atoms with Gasteiger partial charge in [0.2, 0.25) is 0 Å². The molecule has 4 heteroatoms. The number of rotatable bonds is 2. The largest absolute Gasteiger partial charge is 0.375 e. The van der Waals surface area contributed by atoms with Crippen LogP contribution < -0.4 is 5.73 Å².